The number of nitrogens with two attached hydrogens (primary N) is 1. The third kappa shape index (κ3) is 27.3. The van der Waals surface area contributed by atoms with Gasteiger partial charge in [-0.3, -0.25) is 0 Å². The Balaban J connectivity index is 2.99. The van der Waals surface area contributed by atoms with Gasteiger partial charge in [0.1, 0.15) is 0 Å². The second-order valence-electron chi connectivity index (χ2n) is 8.95. The first-order valence-electron chi connectivity index (χ1n) is 13.2. The van der Waals surface area contributed by atoms with Gasteiger partial charge in [-0.05, 0) is 6.42 Å². The van der Waals surface area contributed by atoms with E-state index >= 15 is 0 Å². The summed E-state index contributed by atoms with van der Waals surface area (Å²) < 4.78 is 4.73. The second kappa shape index (κ2) is 25.3. The predicted molar refractivity (Wildman–Crippen MR) is 127 cm³/mol. The lowest BCUT2D eigenvalue weighted by Crippen LogP contribution is -2.13. The first-order valence-corrected chi connectivity index (χ1v) is 13.2. The third-order valence-electron chi connectivity index (χ3n) is 5.99. The molecular weight excluding hydrogens is 358 g/mol. The van der Waals surface area contributed by atoms with Crippen molar-refractivity contribution in [3.63, 3.8) is 0 Å². The van der Waals surface area contributed by atoms with Gasteiger partial charge in [0.15, 0.2) is 0 Å². The molecule has 0 fully saturated rings. The van der Waals surface area contributed by atoms with Crippen molar-refractivity contribution in [2.24, 2.45) is 5.73 Å². The summed E-state index contributed by atoms with van der Waals surface area (Å²) in [5.41, 5.74) is 4.93. The normalized spacial score (nSPS) is 11.1. The standard InChI is InChI=1S/C26H53NO2/c1-2-3-4-5-6-7-8-9-10-11-12-13-14-15-16-17-18-19-20-21-22-23-24-25-29-26(27)28/h2-25H2,1H3,(H2,27,28). The summed E-state index contributed by atoms with van der Waals surface area (Å²) in [6, 6.07) is 0. The van der Waals surface area contributed by atoms with E-state index in [0.717, 1.165) is 12.8 Å². The van der Waals surface area contributed by atoms with Crippen LogP contribution >= 0.6 is 0 Å². The van der Waals surface area contributed by atoms with Gasteiger partial charge in [0.2, 0.25) is 0 Å². The summed E-state index contributed by atoms with van der Waals surface area (Å²) in [4.78, 5) is 10.4. The van der Waals surface area contributed by atoms with E-state index in [1.54, 1.807) is 0 Å². The Labute approximate surface area is 182 Å². The van der Waals surface area contributed by atoms with Crippen molar-refractivity contribution in [1.29, 1.82) is 0 Å². The van der Waals surface area contributed by atoms with Crippen molar-refractivity contribution in [2.75, 3.05) is 6.61 Å². The molecule has 1 amide bonds. The molecule has 174 valence electrons. The molecule has 0 unspecified atom stereocenters. The highest BCUT2D eigenvalue weighted by Crippen LogP contribution is 2.15. The lowest BCUT2D eigenvalue weighted by Gasteiger charge is -2.04. The van der Waals surface area contributed by atoms with Crippen LogP contribution in [0.4, 0.5) is 4.79 Å². The Morgan fingerprint density at radius 1 is 0.483 bits per heavy atom. The summed E-state index contributed by atoms with van der Waals surface area (Å²) in [5, 5.41) is 0. The van der Waals surface area contributed by atoms with E-state index in [1.165, 1.54) is 135 Å². The smallest absolute Gasteiger partial charge is 0.404 e. The minimum atomic E-state index is -0.649. The maximum atomic E-state index is 10.4. The van der Waals surface area contributed by atoms with Crippen LogP contribution in [0.5, 0.6) is 0 Å². The Morgan fingerprint density at radius 3 is 0.966 bits per heavy atom. The molecule has 0 aliphatic carbocycles. The first kappa shape index (κ1) is 28.3. The van der Waals surface area contributed by atoms with E-state index in [0.29, 0.717) is 6.61 Å². The fraction of sp³-hybridized carbons (Fsp3) is 0.962. The molecule has 0 saturated heterocycles. The van der Waals surface area contributed by atoms with Gasteiger partial charge in [-0.2, -0.15) is 0 Å². The molecule has 0 aromatic carbocycles. The summed E-state index contributed by atoms with van der Waals surface area (Å²) in [6.45, 7) is 2.77. The van der Waals surface area contributed by atoms with Gasteiger partial charge in [0.25, 0.3) is 0 Å². The Kier molecular flexibility index (Phi) is 24.7. The van der Waals surface area contributed by atoms with Crippen molar-refractivity contribution >= 4 is 6.09 Å². The number of primary amides is 1. The highest BCUT2D eigenvalue weighted by atomic mass is 16.5. The van der Waals surface area contributed by atoms with Crippen LogP contribution in [-0.4, -0.2) is 12.7 Å². The van der Waals surface area contributed by atoms with Gasteiger partial charge in [-0.25, -0.2) is 4.79 Å². The number of hydrogen-bond acceptors (Lipinski definition) is 2. The number of carbonyl (C=O) groups excluding carboxylic acids is 1. The molecule has 0 aromatic heterocycles. The van der Waals surface area contributed by atoms with Crippen LogP contribution in [0, 0.1) is 0 Å². The van der Waals surface area contributed by atoms with E-state index < -0.39 is 6.09 Å². The highest BCUT2D eigenvalue weighted by molar-refractivity contribution is 5.64. The molecule has 2 N–H and O–H groups in total. The van der Waals surface area contributed by atoms with E-state index in [4.69, 9.17) is 10.5 Å². The number of carbonyl (C=O) groups is 1. The van der Waals surface area contributed by atoms with Crippen molar-refractivity contribution in [3.05, 3.63) is 0 Å². The van der Waals surface area contributed by atoms with E-state index in [9.17, 15) is 4.79 Å². The Hall–Kier alpha value is -0.730. The van der Waals surface area contributed by atoms with Gasteiger partial charge in [-0.1, -0.05) is 148 Å². The average molecular weight is 412 g/mol. The lowest BCUT2D eigenvalue weighted by atomic mass is 10.0. The minimum absolute atomic E-state index is 0.481. The van der Waals surface area contributed by atoms with Crippen LogP contribution in [0.2, 0.25) is 0 Å². The van der Waals surface area contributed by atoms with Gasteiger partial charge >= 0.3 is 6.09 Å². The SMILES string of the molecule is CCCCCCCCCCCCCCCCCCCCCCCCCOC(N)=O. The zero-order valence-corrected chi connectivity index (χ0v) is 19.9. The van der Waals surface area contributed by atoms with Gasteiger partial charge in [0.05, 0.1) is 6.61 Å². The fourth-order valence-corrected chi connectivity index (χ4v) is 4.06. The topological polar surface area (TPSA) is 52.3 Å². The van der Waals surface area contributed by atoms with Crippen molar-refractivity contribution in [1.82, 2.24) is 0 Å². The Bertz CT molecular complexity index is 320. The molecule has 0 rings (SSSR count). The summed E-state index contributed by atoms with van der Waals surface area (Å²) >= 11 is 0. The third-order valence-corrected chi connectivity index (χ3v) is 5.99. The van der Waals surface area contributed by atoms with Crippen molar-refractivity contribution < 1.29 is 9.53 Å². The number of unbranched alkanes of at least 4 members (excludes halogenated alkanes) is 22. The van der Waals surface area contributed by atoms with Gasteiger partial charge < -0.3 is 10.5 Å². The van der Waals surface area contributed by atoms with E-state index in [1.807, 2.05) is 0 Å². The molecule has 29 heavy (non-hydrogen) atoms. The molecule has 0 aliphatic heterocycles. The molecule has 0 aliphatic rings. The van der Waals surface area contributed by atoms with Crippen LogP contribution in [0.3, 0.4) is 0 Å². The number of amides is 1. The summed E-state index contributed by atoms with van der Waals surface area (Å²) in [6.07, 6.45) is 31.3. The second-order valence-corrected chi connectivity index (χ2v) is 8.95. The molecular formula is C26H53NO2. The molecule has 0 radical (unpaired) electrons. The molecule has 0 saturated carbocycles. The monoisotopic (exact) mass is 411 g/mol. The number of ether oxygens (including phenoxy) is 1. The maximum absolute atomic E-state index is 10.4. The van der Waals surface area contributed by atoms with Crippen molar-refractivity contribution in [2.45, 2.75) is 155 Å². The number of rotatable bonds is 24. The van der Waals surface area contributed by atoms with Crippen LogP contribution in [0.1, 0.15) is 155 Å². The molecule has 3 heteroatoms. The molecule has 0 heterocycles. The summed E-state index contributed by atoms with van der Waals surface area (Å²) in [7, 11) is 0. The van der Waals surface area contributed by atoms with Gasteiger partial charge in [-0.15, -0.1) is 0 Å². The Morgan fingerprint density at radius 2 is 0.724 bits per heavy atom. The fourth-order valence-electron chi connectivity index (χ4n) is 4.06. The molecule has 3 nitrogen and oxygen atoms in total. The zero-order valence-electron chi connectivity index (χ0n) is 19.9. The van der Waals surface area contributed by atoms with E-state index in [2.05, 4.69) is 6.92 Å². The maximum Gasteiger partial charge on any atom is 0.404 e. The van der Waals surface area contributed by atoms with Crippen LogP contribution in [0.25, 0.3) is 0 Å². The van der Waals surface area contributed by atoms with E-state index in [-0.39, 0.29) is 0 Å². The molecule has 0 bridgehead atoms. The molecule has 0 aromatic rings. The van der Waals surface area contributed by atoms with Gasteiger partial charge in [0, 0.05) is 0 Å². The van der Waals surface area contributed by atoms with Crippen molar-refractivity contribution in [3.8, 4) is 0 Å². The molecule has 0 spiro atoms. The molecule has 0 atom stereocenters. The zero-order chi connectivity index (χ0) is 21.3. The van der Waals surface area contributed by atoms with Crippen LogP contribution in [-0.2, 0) is 4.74 Å². The van der Waals surface area contributed by atoms with Crippen LogP contribution in [0.15, 0.2) is 0 Å². The number of hydrogen-bond donors (Lipinski definition) is 1. The van der Waals surface area contributed by atoms with Crippen LogP contribution < -0.4 is 5.73 Å². The average Bonchev–Trinajstić information content (AvgIpc) is 2.71. The predicted octanol–water partition coefficient (Wildman–Crippen LogP) is 9.07. The quantitative estimate of drug-likeness (QED) is 0.161. The minimum Gasteiger partial charge on any atom is -0.450 e. The first-order chi connectivity index (χ1) is 14.3. The summed E-state index contributed by atoms with van der Waals surface area (Å²) in [5.74, 6) is 0. The largest absolute Gasteiger partial charge is 0.450 e. The lowest BCUT2D eigenvalue weighted by molar-refractivity contribution is 0.154. The highest BCUT2D eigenvalue weighted by Gasteiger charge is 1.96.